The zero-order chi connectivity index (χ0) is 16.7. The summed E-state index contributed by atoms with van der Waals surface area (Å²) in [6.45, 7) is 2.48. The number of nitrogens with one attached hydrogen (secondary N) is 1. The molecule has 0 aromatic heterocycles. The van der Waals surface area contributed by atoms with Crippen LogP contribution < -0.4 is 5.32 Å². The van der Waals surface area contributed by atoms with Crippen LogP contribution in [0.5, 0.6) is 0 Å². The largest absolute Gasteiger partial charge is 0.416 e. The molecule has 1 aromatic carbocycles. The van der Waals surface area contributed by atoms with Crippen molar-refractivity contribution in [2.75, 3.05) is 26.2 Å². The number of hydrogen-bond donors (Lipinski definition) is 2. The third kappa shape index (κ3) is 3.51. The minimum absolute atomic E-state index is 0.00658. The molecule has 0 bridgehead atoms. The lowest BCUT2D eigenvalue weighted by molar-refractivity contribution is -0.139. The van der Waals surface area contributed by atoms with Crippen molar-refractivity contribution in [2.45, 2.75) is 31.2 Å². The summed E-state index contributed by atoms with van der Waals surface area (Å²) in [6, 6.07) is 2.60. The zero-order valence-electron chi connectivity index (χ0n) is 12.7. The third-order valence-electron chi connectivity index (χ3n) is 4.99. The maximum absolute atomic E-state index is 13.4. The summed E-state index contributed by atoms with van der Waals surface area (Å²) in [5, 5.41) is 13.8. The predicted octanol–water partition coefficient (Wildman–Crippen LogP) is 2.39. The molecular weight excluding hydrogens is 312 g/mol. The molecule has 7 heteroatoms. The van der Waals surface area contributed by atoms with E-state index in [9.17, 15) is 22.7 Å². The number of nitrogens with zero attached hydrogens (tertiary/aromatic N) is 1. The Balaban J connectivity index is 1.77. The lowest BCUT2D eigenvalue weighted by atomic mass is 9.76. The van der Waals surface area contributed by atoms with Gasteiger partial charge in [0.15, 0.2) is 0 Å². The molecule has 2 N–H and O–H groups in total. The van der Waals surface area contributed by atoms with E-state index < -0.39 is 23.2 Å². The van der Waals surface area contributed by atoms with E-state index >= 15 is 0 Å². The van der Waals surface area contributed by atoms with Gasteiger partial charge in [0.05, 0.1) is 11.2 Å². The molecule has 2 atom stereocenters. The van der Waals surface area contributed by atoms with Gasteiger partial charge in [-0.15, -0.1) is 0 Å². The van der Waals surface area contributed by atoms with Crippen molar-refractivity contribution in [1.29, 1.82) is 0 Å². The highest BCUT2D eigenvalue weighted by atomic mass is 19.4. The second kappa shape index (κ2) is 6.03. The van der Waals surface area contributed by atoms with E-state index in [0.717, 1.165) is 24.7 Å². The fraction of sp³-hybridized carbons (Fsp3) is 0.625. The van der Waals surface area contributed by atoms with Gasteiger partial charge in [-0.25, -0.2) is 4.39 Å². The number of fused-ring (bicyclic) bond motifs is 1. The number of piperidine rings is 2. The van der Waals surface area contributed by atoms with E-state index in [2.05, 4.69) is 5.32 Å². The number of rotatable bonds is 2. The maximum atomic E-state index is 13.4. The molecule has 3 rings (SSSR count). The highest BCUT2D eigenvalue weighted by molar-refractivity contribution is 5.30. The van der Waals surface area contributed by atoms with Gasteiger partial charge >= 0.3 is 6.18 Å². The van der Waals surface area contributed by atoms with Crippen molar-refractivity contribution < 1.29 is 22.7 Å². The van der Waals surface area contributed by atoms with Gasteiger partial charge in [0, 0.05) is 32.1 Å². The van der Waals surface area contributed by atoms with Crippen LogP contribution in [0.15, 0.2) is 18.2 Å². The molecule has 2 aliphatic heterocycles. The molecule has 3 nitrogen and oxygen atoms in total. The Morgan fingerprint density at radius 2 is 2.09 bits per heavy atom. The minimum atomic E-state index is -4.49. The second-order valence-corrected chi connectivity index (χ2v) is 6.54. The number of halogens is 4. The Bertz CT molecular complexity index is 578. The van der Waals surface area contributed by atoms with Crippen LogP contribution in [0.2, 0.25) is 0 Å². The van der Waals surface area contributed by atoms with Gasteiger partial charge in [-0.3, -0.25) is 4.90 Å². The zero-order valence-corrected chi connectivity index (χ0v) is 12.7. The highest BCUT2D eigenvalue weighted by Gasteiger charge is 2.43. The van der Waals surface area contributed by atoms with Crippen molar-refractivity contribution in [1.82, 2.24) is 10.2 Å². The quantitative estimate of drug-likeness (QED) is 0.817. The standard InChI is InChI=1S/C16H20F4N2O/c17-13-1-2-14(16(18,19)20)11(7-13)9-22-6-4-15(23)3-5-21-8-12(15)10-22/h1-2,7,12,21,23H,3-6,8-10H2/t12-,15-/m1/s1. The molecular formula is C16H20F4N2O. The van der Waals surface area contributed by atoms with Crippen LogP contribution in [-0.2, 0) is 12.7 Å². The molecule has 0 aliphatic carbocycles. The van der Waals surface area contributed by atoms with Crippen LogP contribution in [0.3, 0.4) is 0 Å². The monoisotopic (exact) mass is 332 g/mol. The first-order valence-electron chi connectivity index (χ1n) is 7.79. The van der Waals surface area contributed by atoms with Gasteiger partial charge < -0.3 is 10.4 Å². The van der Waals surface area contributed by atoms with Gasteiger partial charge in [0.2, 0.25) is 0 Å². The smallest absolute Gasteiger partial charge is 0.389 e. The molecule has 0 radical (unpaired) electrons. The SMILES string of the molecule is O[C@@]12CCNC[C@@H]1CN(Cc1cc(F)ccc1C(F)(F)F)CC2. The maximum Gasteiger partial charge on any atom is 0.416 e. The Morgan fingerprint density at radius 1 is 1.30 bits per heavy atom. The lowest BCUT2D eigenvalue weighted by Crippen LogP contribution is -2.58. The summed E-state index contributed by atoms with van der Waals surface area (Å²) in [5.41, 5.74) is -1.57. The Kier molecular flexibility index (Phi) is 4.37. The molecule has 0 amide bonds. The average Bonchev–Trinajstić information content (AvgIpc) is 2.46. The number of likely N-dealkylation sites (tertiary alicyclic amines) is 1. The van der Waals surface area contributed by atoms with Gasteiger partial charge in [-0.05, 0) is 43.1 Å². The molecule has 0 unspecified atom stereocenters. The predicted molar refractivity (Wildman–Crippen MR) is 77.2 cm³/mol. The Hall–Kier alpha value is -1.18. The van der Waals surface area contributed by atoms with E-state index in [4.69, 9.17) is 0 Å². The van der Waals surface area contributed by atoms with Crippen LogP contribution in [0.4, 0.5) is 17.6 Å². The van der Waals surface area contributed by atoms with E-state index in [1.807, 2.05) is 4.90 Å². The Morgan fingerprint density at radius 3 is 2.83 bits per heavy atom. The van der Waals surface area contributed by atoms with Crippen molar-refractivity contribution >= 4 is 0 Å². The number of alkyl halides is 3. The summed E-state index contributed by atoms with van der Waals surface area (Å²) >= 11 is 0. The van der Waals surface area contributed by atoms with Crippen molar-refractivity contribution in [3.8, 4) is 0 Å². The van der Waals surface area contributed by atoms with E-state index in [0.29, 0.717) is 32.5 Å². The third-order valence-corrected chi connectivity index (χ3v) is 4.99. The molecule has 128 valence electrons. The first-order chi connectivity index (χ1) is 10.8. The van der Waals surface area contributed by atoms with Crippen LogP contribution in [0, 0.1) is 11.7 Å². The molecule has 0 spiro atoms. The molecule has 2 saturated heterocycles. The normalized spacial score (nSPS) is 29.3. The van der Waals surface area contributed by atoms with Crippen LogP contribution in [0.25, 0.3) is 0 Å². The summed E-state index contributed by atoms with van der Waals surface area (Å²) < 4.78 is 52.6. The fourth-order valence-electron chi connectivity index (χ4n) is 3.65. The molecule has 2 heterocycles. The van der Waals surface area contributed by atoms with Gasteiger partial charge in [0.25, 0.3) is 0 Å². The Labute approximate surface area is 132 Å². The van der Waals surface area contributed by atoms with Crippen LogP contribution in [-0.4, -0.2) is 41.8 Å². The first kappa shape index (κ1) is 16.7. The van der Waals surface area contributed by atoms with E-state index in [1.165, 1.54) is 0 Å². The molecule has 0 saturated carbocycles. The molecule has 2 fully saturated rings. The van der Waals surface area contributed by atoms with Crippen molar-refractivity contribution in [3.63, 3.8) is 0 Å². The number of benzene rings is 1. The number of hydrogen-bond acceptors (Lipinski definition) is 3. The lowest BCUT2D eigenvalue weighted by Gasteiger charge is -2.47. The highest BCUT2D eigenvalue weighted by Crippen LogP contribution is 2.36. The number of aliphatic hydroxyl groups is 1. The summed E-state index contributed by atoms with van der Waals surface area (Å²) in [6.07, 6.45) is -3.29. The van der Waals surface area contributed by atoms with E-state index in [-0.39, 0.29) is 18.0 Å². The second-order valence-electron chi connectivity index (χ2n) is 6.54. The average molecular weight is 332 g/mol. The summed E-state index contributed by atoms with van der Waals surface area (Å²) in [4.78, 5) is 1.87. The van der Waals surface area contributed by atoms with Crippen LogP contribution in [0.1, 0.15) is 24.0 Å². The molecule has 1 aromatic rings. The fourth-order valence-corrected chi connectivity index (χ4v) is 3.65. The van der Waals surface area contributed by atoms with E-state index in [1.54, 1.807) is 0 Å². The molecule has 2 aliphatic rings. The van der Waals surface area contributed by atoms with Gasteiger partial charge in [-0.2, -0.15) is 13.2 Å². The molecule has 23 heavy (non-hydrogen) atoms. The summed E-state index contributed by atoms with van der Waals surface area (Å²) in [5.74, 6) is -0.672. The van der Waals surface area contributed by atoms with Gasteiger partial charge in [-0.1, -0.05) is 0 Å². The van der Waals surface area contributed by atoms with Crippen LogP contribution >= 0.6 is 0 Å². The van der Waals surface area contributed by atoms with Crippen molar-refractivity contribution in [3.05, 3.63) is 35.1 Å². The minimum Gasteiger partial charge on any atom is -0.389 e. The van der Waals surface area contributed by atoms with Gasteiger partial charge in [0.1, 0.15) is 5.82 Å². The first-order valence-corrected chi connectivity index (χ1v) is 7.79. The topological polar surface area (TPSA) is 35.5 Å². The van der Waals surface area contributed by atoms with Crippen molar-refractivity contribution in [2.24, 2.45) is 5.92 Å². The summed E-state index contributed by atoms with van der Waals surface area (Å²) in [7, 11) is 0.